The van der Waals surface area contributed by atoms with E-state index in [1.165, 1.54) is 11.3 Å². The number of carbonyl (C=O) groups is 2. The second kappa shape index (κ2) is 11.2. The molecule has 1 aliphatic rings. The molecule has 4 aromatic rings. The lowest BCUT2D eigenvalue weighted by Gasteiger charge is -2.12. The topological polar surface area (TPSA) is 68.3 Å². The predicted octanol–water partition coefficient (Wildman–Crippen LogP) is 8.36. The van der Waals surface area contributed by atoms with Gasteiger partial charge in [0, 0.05) is 15.8 Å². The fraction of sp³-hybridized carbons (Fsp3) is 0.276. The van der Waals surface area contributed by atoms with Gasteiger partial charge < -0.3 is 10.1 Å². The first-order chi connectivity index (χ1) is 18.0. The van der Waals surface area contributed by atoms with Crippen molar-refractivity contribution < 1.29 is 14.3 Å². The number of benzene rings is 2. The number of nitrogens with one attached hydrogen (secondary N) is 1. The van der Waals surface area contributed by atoms with Crippen molar-refractivity contribution in [1.82, 2.24) is 4.98 Å². The number of aromatic nitrogens is 1. The van der Waals surface area contributed by atoms with Crippen molar-refractivity contribution in [3.8, 4) is 11.3 Å². The summed E-state index contributed by atoms with van der Waals surface area (Å²) in [6.45, 7) is 2.31. The van der Waals surface area contributed by atoms with Crippen LogP contribution in [0, 0.1) is 0 Å². The zero-order chi connectivity index (χ0) is 25.9. The number of nitrogens with zero attached hydrogens (tertiary/aromatic N) is 1. The number of hydrogen-bond donors (Lipinski definition) is 1. The van der Waals surface area contributed by atoms with Gasteiger partial charge in [-0.15, -0.1) is 11.3 Å². The minimum atomic E-state index is -0.368. The van der Waals surface area contributed by atoms with E-state index in [-0.39, 0.29) is 11.9 Å². The Hall–Kier alpha value is -2.93. The third kappa shape index (κ3) is 5.37. The highest BCUT2D eigenvalue weighted by Gasteiger charge is 2.27. The highest BCUT2D eigenvalue weighted by atomic mass is 35.5. The summed E-state index contributed by atoms with van der Waals surface area (Å²) in [5, 5.41) is 5.19. The Kier molecular flexibility index (Phi) is 7.79. The first-order valence-electron chi connectivity index (χ1n) is 12.4. The average Bonchev–Trinajstić information content (AvgIpc) is 3.07. The maximum Gasteiger partial charge on any atom is 0.341 e. The van der Waals surface area contributed by atoms with Gasteiger partial charge in [-0.1, -0.05) is 60.8 Å². The quantitative estimate of drug-likeness (QED) is 0.192. The fourth-order valence-corrected chi connectivity index (χ4v) is 6.22. The molecule has 0 fully saturated rings. The monoisotopic (exact) mass is 552 g/mol. The van der Waals surface area contributed by atoms with Crippen LogP contribution in [0.4, 0.5) is 5.00 Å². The molecule has 1 N–H and O–H groups in total. The number of amides is 1. The smallest absolute Gasteiger partial charge is 0.341 e. The maximum atomic E-state index is 13.8. The molecule has 0 atom stereocenters. The van der Waals surface area contributed by atoms with Gasteiger partial charge in [0.15, 0.2) is 0 Å². The van der Waals surface area contributed by atoms with E-state index >= 15 is 0 Å². The van der Waals surface area contributed by atoms with Crippen molar-refractivity contribution in [2.24, 2.45) is 0 Å². The molecule has 0 saturated heterocycles. The zero-order valence-corrected chi connectivity index (χ0v) is 22.7. The Balaban J connectivity index is 1.57. The predicted molar refractivity (Wildman–Crippen MR) is 151 cm³/mol. The lowest BCUT2D eigenvalue weighted by atomic mass is 10.0. The first kappa shape index (κ1) is 25.7. The second-order valence-electron chi connectivity index (χ2n) is 9.06. The Bertz CT molecular complexity index is 1500. The minimum Gasteiger partial charge on any atom is -0.462 e. The van der Waals surface area contributed by atoms with E-state index < -0.39 is 0 Å². The maximum absolute atomic E-state index is 13.8. The van der Waals surface area contributed by atoms with E-state index in [0.717, 1.165) is 59.9 Å². The minimum absolute atomic E-state index is 0.305. The van der Waals surface area contributed by atoms with Crippen LogP contribution < -0.4 is 5.32 Å². The van der Waals surface area contributed by atoms with E-state index in [4.69, 9.17) is 32.9 Å². The molecular weight excluding hydrogens is 527 g/mol. The van der Waals surface area contributed by atoms with Crippen LogP contribution in [0.25, 0.3) is 22.2 Å². The molecule has 0 bridgehead atoms. The lowest BCUT2D eigenvalue weighted by molar-refractivity contribution is 0.0505. The number of rotatable bonds is 6. The SMILES string of the molecule is CCCOC(=O)c1c(NC(=O)c2cc(-c3ccc(Cl)c(Cl)c3)nc3ccccc23)sc2c1CCCCC2. The molecule has 5 nitrogen and oxygen atoms in total. The van der Waals surface area contributed by atoms with Crippen LogP contribution in [-0.2, 0) is 17.6 Å². The van der Waals surface area contributed by atoms with Crippen LogP contribution in [0.3, 0.4) is 0 Å². The molecule has 0 radical (unpaired) electrons. The largest absolute Gasteiger partial charge is 0.462 e. The van der Waals surface area contributed by atoms with Crippen molar-refractivity contribution in [1.29, 1.82) is 0 Å². The average molecular weight is 554 g/mol. The van der Waals surface area contributed by atoms with Gasteiger partial charge in [0.2, 0.25) is 0 Å². The normalized spacial score (nSPS) is 13.2. The number of pyridine rings is 1. The third-order valence-corrected chi connectivity index (χ3v) is 8.41. The second-order valence-corrected chi connectivity index (χ2v) is 11.0. The molecule has 190 valence electrons. The number of fused-ring (bicyclic) bond motifs is 2. The Labute approximate surface area is 229 Å². The van der Waals surface area contributed by atoms with Crippen molar-refractivity contribution in [2.45, 2.75) is 45.4 Å². The van der Waals surface area contributed by atoms with Crippen molar-refractivity contribution in [2.75, 3.05) is 11.9 Å². The molecular formula is C29H26Cl2N2O3S. The summed E-state index contributed by atoms with van der Waals surface area (Å²) >= 11 is 13.9. The molecule has 5 rings (SSSR count). The van der Waals surface area contributed by atoms with Gasteiger partial charge in [-0.3, -0.25) is 4.79 Å². The van der Waals surface area contributed by atoms with Gasteiger partial charge in [-0.25, -0.2) is 9.78 Å². The van der Waals surface area contributed by atoms with Crippen molar-refractivity contribution in [3.63, 3.8) is 0 Å². The summed E-state index contributed by atoms with van der Waals surface area (Å²) < 4.78 is 5.52. The molecule has 0 aliphatic heterocycles. The number of para-hydroxylation sites is 1. The van der Waals surface area contributed by atoms with Gasteiger partial charge in [-0.05, 0) is 61.9 Å². The molecule has 0 spiro atoms. The van der Waals surface area contributed by atoms with Gasteiger partial charge in [0.25, 0.3) is 5.91 Å². The van der Waals surface area contributed by atoms with Crippen LogP contribution in [0.2, 0.25) is 10.0 Å². The van der Waals surface area contributed by atoms with E-state index in [9.17, 15) is 9.59 Å². The van der Waals surface area contributed by atoms with Crippen LogP contribution in [0.5, 0.6) is 0 Å². The summed E-state index contributed by atoms with van der Waals surface area (Å²) in [6.07, 6.45) is 5.69. The van der Waals surface area contributed by atoms with Gasteiger partial charge in [-0.2, -0.15) is 0 Å². The zero-order valence-electron chi connectivity index (χ0n) is 20.4. The number of aryl methyl sites for hydroxylation is 1. The van der Waals surface area contributed by atoms with E-state index in [2.05, 4.69) is 5.32 Å². The summed E-state index contributed by atoms with van der Waals surface area (Å²) in [4.78, 5) is 32.8. The Morgan fingerprint density at radius 3 is 2.65 bits per heavy atom. The molecule has 2 heterocycles. The summed E-state index contributed by atoms with van der Waals surface area (Å²) in [7, 11) is 0. The molecule has 1 aliphatic carbocycles. The van der Waals surface area contributed by atoms with Crippen LogP contribution in [0.15, 0.2) is 48.5 Å². The summed E-state index contributed by atoms with van der Waals surface area (Å²) in [6, 6.07) is 14.5. The first-order valence-corrected chi connectivity index (χ1v) is 14.0. The van der Waals surface area contributed by atoms with Crippen molar-refractivity contribution >= 4 is 62.3 Å². The van der Waals surface area contributed by atoms with Gasteiger partial charge >= 0.3 is 5.97 Å². The summed E-state index contributed by atoms with van der Waals surface area (Å²) in [5.74, 6) is -0.673. The Morgan fingerprint density at radius 2 is 1.84 bits per heavy atom. The molecule has 1 amide bonds. The van der Waals surface area contributed by atoms with E-state index in [1.807, 2.05) is 37.3 Å². The summed E-state index contributed by atoms with van der Waals surface area (Å²) in [5.41, 5.74) is 4.03. The number of halogens is 2. The molecule has 0 saturated carbocycles. The third-order valence-electron chi connectivity index (χ3n) is 6.47. The van der Waals surface area contributed by atoms with E-state index in [1.54, 1.807) is 18.2 Å². The molecule has 2 aromatic heterocycles. The number of carbonyl (C=O) groups excluding carboxylic acids is 2. The number of anilines is 1. The molecule has 8 heteroatoms. The van der Waals surface area contributed by atoms with Gasteiger partial charge in [0.05, 0.1) is 39.0 Å². The highest BCUT2D eigenvalue weighted by Crippen LogP contribution is 2.39. The number of esters is 1. The fourth-order valence-electron chi connectivity index (χ4n) is 4.65. The van der Waals surface area contributed by atoms with Crippen LogP contribution in [0.1, 0.15) is 63.8 Å². The number of hydrogen-bond acceptors (Lipinski definition) is 5. The standard InChI is InChI=1S/C29H26Cl2N2O3S/c1-2-14-36-29(35)26-19-9-4-3-5-11-25(19)37-28(26)33-27(34)20-16-24(17-12-13-21(30)22(31)15-17)32-23-10-7-6-8-18(20)23/h6-8,10,12-13,15-16H,2-5,9,11,14H2,1H3,(H,33,34). The van der Waals surface area contributed by atoms with Crippen molar-refractivity contribution in [3.05, 3.63) is 80.1 Å². The van der Waals surface area contributed by atoms with Crippen LogP contribution in [-0.4, -0.2) is 23.5 Å². The van der Waals surface area contributed by atoms with Gasteiger partial charge in [0.1, 0.15) is 5.00 Å². The lowest BCUT2D eigenvalue weighted by Crippen LogP contribution is -2.16. The highest BCUT2D eigenvalue weighted by molar-refractivity contribution is 7.17. The Morgan fingerprint density at radius 1 is 1.03 bits per heavy atom. The van der Waals surface area contributed by atoms with E-state index in [0.29, 0.717) is 44.0 Å². The number of ether oxygens (including phenoxy) is 1. The number of thiophene rings is 1. The molecule has 2 aromatic carbocycles. The van der Waals surface area contributed by atoms with Crippen LogP contribution >= 0.6 is 34.5 Å². The molecule has 37 heavy (non-hydrogen) atoms. The molecule has 0 unspecified atom stereocenters.